The molecule has 1 aromatic carbocycles. The van der Waals surface area contributed by atoms with Gasteiger partial charge >= 0.3 is 0 Å². The van der Waals surface area contributed by atoms with E-state index < -0.39 is 0 Å². The van der Waals surface area contributed by atoms with Gasteiger partial charge in [-0.1, -0.05) is 29.8 Å². The van der Waals surface area contributed by atoms with Crippen LogP contribution in [0.4, 0.5) is 0 Å². The van der Waals surface area contributed by atoms with Crippen LogP contribution in [0.2, 0.25) is 5.02 Å². The molecule has 0 saturated heterocycles. The van der Waals surface area contributed by atoms with Gasteiger partial charge in [0, 0.05) is 29.4 Å². The Hall–Kier alpha value is -1.38. The Labute approximate surface area is 106 Å². The Morgan fingerprint density at radius 3 is 2.41 bits per heavy atom. The van der Waals surface area contributed by atoms with E-state index in [0.29, 0.717) is 0 Å². The molecule has 2 rings (SSSR count). The van der Waals surface area contributed by atoms with Crippen molar-refractivity contribution in [2.24, 2.45) is 5.73 Å². The predicted molar refractivity (Wildman–Crippen MR) is 71.1 cm³/mol. The van der Waals surface area contributed by atoms with Crippen LogP contribution in [0.5, 0.6) is 0 Å². The highest BCUT2D eigenvalue weighted by Crippen LogP contribution is 2.14. The molecule has 3 heteroatoms. The van der Waals surface area contributed by atoms with Crippen molar-refractivity contribution in [1.82, 2.24) is 4.98 Å². The first kappa shape index (κ1) is 12.1. The third-order valence-corrected chi connectivity index (χ3v) is 2.92. The largest absolute Gasteiger partial charge is 0.324 e. The second kappa shape index (κ2) is 5.30. The van der Waals surface area contributed by atoms with Crippen LogP contribution in [0, 0.1) is 0 Å². The standard InChI is InChI=1S/C14H15ClN2/c1-10(16)12-4-7-14(17-9-12)8-11-2-5-13(15)6-3-11/h2-7,9-10H,8,16H2,1H3. The number of halogens is 1. The molecule has 0 amide bonds. The molecule has 0 radical (unpaired) electrons. The van der Waals surface area contributed by atoms with E-state index in [1.165, 1.54) is 5.56 Å². The van der Waals surface area contributed by atoms with E-state index in [1.54, 1.807) is 0 Å². The summed E-state index contributed by atoms with van der Waals surface area (Å²) in [5.74, 6) is 0. The first-order valence-corrected chi connectivity index (χ1v) is 5.98. The minimum atomic E-state index is 0.0343. The maximum atomic E-state index is 5.84. The van der Waals surface area contributed by atoms with Crippen LogP contribution in [-0.4, -0.2) is 4.98 Å². The van der Waals surface area contributed by atoms with Gasteiger partial charge in [-0.3, -0.25) is 4.98 Å². The van der Waals surface area contributed by atoms with Crippen molar-refractivity contribution in [3.63, 3.8) is 0 Å². The zero-order chi connectivity index (χ0) is 12.3. The second-order valence-electron chi connectivity index (χ2n) is 4.17. The molecule has 0 aliphatic rings. The van der Waals surface area contributed by atoms with Crippen molar-refractivity contribution in [2.45, 2.75) is 19.4 Å². The minimum Gasteiger partial charge on any atom is -0.324 e. The van der Waals surface area contributed by atoms with Crippen molar-refractivity contribution in [1.29, 1.82) is 0 Å². The monoisotopic (exact) mass is 246 g/mol. The molecule has 0 spiro atoms. The molecule has 88 valence electrons. The lowest BCUT2D eigenvalue weighted by atomic mass is 10.1. The summed E-state index contributed by atoms with van der Waals surface area (Å²) >= 11 is 5.84. The number of hydrogen-bond acceptors (Lipinski definition) is 2. The zero-order valence-electron chi connectivity index (χ0n) is 9.73. The number of aromatic nitrogens is 1. The highest BCUT2D eigenvalue weighted by atomic mass is 35.5. The molecule has 1 unspecified atom stereocenters. The predicted octanol–water partition coefficient (Wildman–Crippen LogP) is 3.35. The van der Waals surface area contributed by atoms with Gasteiger partial charge in [-0.05, 0) is 36.2 Å². The molecule has 0 aliphatic heterocycles. The van der Waals surface area contributed by atoms with Crippen molar-refractivity contribution < 1.29 is 0 Å². The summed E-state index contributed by atoms with van der Waals surface area (Å²) in [4.78, 5) is 4.40. The molecule has 0 bridgehead atoms. The Kier molecular flexibility index (Phi) is 3.77. The molecular weight excluding hydrogens is 232 g/mol. The summed E-state index contributed by atoms with van der Waals surface area (Å²) in [6, 6.07) is 11.9. The van der Waals surface area contributed by atoms with Crippen molar-refractivity contribution in [3.05, 3.63) is 64.4 Å². The van der Waals surface area contributed by atoms with Gasteiger partial charge in [-0.2, -0.15) is 0 Å². The zero-order valence-corrected chi connectivity index (χ0v) is 10.5. The molecule has 2 aromatic rings. The summed E-state index contributed by atoms with van der Waals surface area (Å²) in [5.41, 5.74) is 9.08. The number of nitrogens with zero attached hydrogens (tertiary/aromatic N) is 1. The summed E-state index contributed by atoms with van der Waals surface area (Å²) in [5, 5.41) is 0.758. The van der Waals surface area contributed by atoms with Gasteiger partial charge in [0.05, 0.1) is 0 Å². The number of hydrogen-bond donors (Lipinski definition) is 1. The fourth-order valence-corrected chi connectivity index (χ4v) is 1.75. The lowest BCUT2D eigenvalue weighted by Crippen LogP contribution is -2.05. The molecule has 2 nitrogen and oxygen atoms in total. The molecule has 17 heavy (non-hydrogen) atoms. The third-order valence-electron chi connectivity index (χ3n) is 2.67. The molecule has 0 saturated carbocycles. The molecule has 1 atom stereocenters. The molecular formula is C14H15ClN2. The molecule has 1 heterocycles. The number of nitrogens with two attached hydrogens (primary N) is 1. The molecule has 0 aliphatic carbocycles. The summed E-state index contributed by atoms with van der Waals surface area (Å²) in [6.07, 6.45) is 2.66. The number of pyridine rings is 1. The van der Waals surface area contributed by atoms with Crippen molar-refractivity contribution in [2.75, 3.05) is 0 Å². The average Bonchev–Trinajstić information content (AvgIpc) is 2.33. The molecule has 1 aromatic heterocycles. The maximum Gasteiger partial charge on any atom is 0.0447 e. The van der Waals surface area contributed by atoms with Crippen LogP contribution < -0.4 is 5.73 Å². The Balaban J connectivity index is 2.11. The van der Waals surface area contributed by atoms with Crippen LogP contribution in [0.25, 0.3) is 0 Å². The molecule has 0 fully saturated rings. The Morgan fingerprint density at radius 1 is 1.18 bits per heavy atom. The van der Waals surface area contributed by atoms with E-state index in [0.717, 1.165) is 22.7 Å². The highest BCUT2D eigenvalue weighted by molar-refractivity contribution is 6.30. The molecule has 2 N–H and O–H groups in total. The average molecular weight is 247 g/mol. The van der Waals surface area contributed by atoms with E-state index in [2.05, 4.69) is 4.98 Å². The second-order valence-corrected chi connectivity index (χ2v) is 4.61. The number of benzene rings is 1. The minimum absolute atomic E-state index is 0.0343. The van der Waals surface area contributed by atoms with Gasteiger partial charge in [-0.15, -0.1) is 0 Å². The van der Waals surface area contributed by atoms with Gasteiger partial charge in [0.15, 0.2) is 0 Å². The fraction of sp³-hybridized carbons (Fsp3) is 0.214. The maximum absolute atomic E-state index is 5.84. The van der Waals surface area contributed by atoms with E-state index in [9.17, 15) is 0 Å². The van der Waals surface area contributed by atoms with E-state index in [1.807, 2.05) is 49.5 Å². The van der Waals surface area contributed by atoms with E-state index in [-0.39, 0.29) is 6.04 Å². The van der Waals surface area contributed by atoms with E-state index in [4.69, 9.17) is 17.3 Å². The van der Waals surface area contributed by atoms with Crippen molar-refractivity contribution >= 4 is 11.6 Å². The smallest absolute Gasteiger partial charge is 0.0447 e. The quantitative estimate of drug-likeness (QED) is 0.902. The highest BCUT2D eigenvalue weighted by Gasteiger charge is 2.01. The topological polar surface area (TPSA) is 38.9 Å². The lowest BCUT2D eigenvalue weighted by Gasteiger charge is -2.06. The fourth-order valence-electron chi connectivity index (χ4n) is 1.62. The van der Waals surface area contributed by atoms with Gasteiger partial charge in [0.2, 0.25) is 0 Å². The lowest BCUT2D eigenvalue weighted by molar-refractivity contribution is 0.808. The van der Waals surface area contributed by atoms with Crippen LogP contribution in [0.15, 0.2) is 42.6 Å². The van der Waals surface area contributed by atoms with Gasteiger partial charge in [0.1, 0.15) is 0 Å². The van der Waals surface area contributed by atoms with Crippen molar-refractivity contribution in [3.8, 4) is 0 Å². The Morgan fingerprint density at radius 2 is 1.88 bits per heavy atom. The normalized spacial score (nSPS) is 12.4. The summed E-state index contributed by atoms with van der Waals surface area (Å²) in [7, 11) is 0. The third kappa shape index (κ3) is 3.29. The Bertz CT molecular complexity index is 475. The SMILES string of the molecule is CC(N)c1ccc(Cc2ccc(Cl)cc2)nc1. The first-order valence-electron chi connectivity index (χ1n) is 5.60. The van der Waals surface area contributed by atoms with Crippen LogP contribution in [-0.2, 0) is 6.42 Å². The van der Waals surface area contributed by atoms with Crippen LogP contribution in [0.3, 0.4) is 0 Å². The van der Waals surface area contributed by atoms with Gasteiger partial charge < -0.3 is 5.73 Å². The van der Waals surface area contributed by atoms with Crippen LogP contribution >= 0.6 is 11.6 Å². The number of rotatable bonds is 3. The van der Waals surface area contributed by atoms with Gasteiger partial charge in [0.25, 0.3) is 0 Å². The van der Waals surface area contributed by atoms with Gasteiger partial charge in [-0.25, -0.2) is 0 Å². The first-order chi connectivity index (χ1) is 8.15. The van der Waals surface area contributed by atoms with E-state index >= 15 is 0 Å². The van der Waals surface area contributed by atoms with Crippen LogP contribution in [0.1, 0.15) is 29.8 Å². The summed E-state index contributed by atoms with van der Waals surface area (Å²) in [6.45, 7) is 1.95. The summed E-state index contributed by atoms with van der Waals surface area (Å²) < 4.78 is 0.